The normalized spacial score (nSPS) is 17.5. The molecule has 0 saturated heterocycles. The van der Waals surface area contributed by atoms with Gasteiger partial charge in [-0.1, -0.05) is 30.3 Å². The predicted octanol–water partition coefficient (Wildman–Crippen LogP) is 3.70. The van der Waals surface area contributed by atoms with Gasteiger partial charge in [-0.05, 0) is 35.7 Å². The molecule has 2 heteroatoms. The fourth-order valence-electron chi connectivity index (χ4n) is 2.82. The molecule has 2 aromatic carbocycles. The van der Waals surface area contributed by atoms with Crippen LogP contribution in [0.4, 0.5) is 11.4 Å². The number of hydrogen-bond donors (Lipinski definition) is 1. The van der Waals surface area contributed by atoms with E-state index in [9.17, 15) is 0 Å². The Labute approximate surface area is 115 Å². The summed E-state index contributed by atoms with van der Waals surface area (Å²) in [5.41, 5.74) is 5.38. The number of hydrogen-bond acceptors (Lipinski definition) is 2. The third-order valence-electron chi connectivity index (χ3n) is 3.90. The summed E-state index contributed by atoms with van der Waals surface area (Å²) >= 11 is 0. The van der Waals surface area contributed by atoms with Gasteiger partial charge in [-0.15, -0.1) is 0 Å². The number of nitrogens with zero attached hydrogens (tertiary/aromatic N) is 1. The molecule has 1 atom stereocenters. The molecule has 19 heavy (non-hydrogen) atoms. The van der Waals surface area contributed by atoms with Gasteiger partial charge in [-0.2, -0.15) is 0 Å². The molecule has 0 spiro atoms. The van der Waals surface area contributed by atoms with Crippen molar-refractivity contribution in [3.8, 4) is 0 Å². The first-order valence-electron chi connectivity index (χ1n) is 6.86. The van der Waals surface area contributed by atoms with Gasteiger partial charge in [0.1, 0.15) is 0 Å². The van der Waals surface area contributed by atoms with E-state index in [4.69, 9.17) is 0 Å². The summed E-state index contributed by atoms with van der Waals surface area (Å²) < 4.78 is 0. The van der Waals surface area contributed by atoms with Crippen molar-refractivity contribution in [2.75, 3.05) is 30.9 Å². The molecule has 2 nitrogen and oxygen atoms in total. The third-order valence-corrected chi connectivity index (χ3v) is 3.90. The van der Waals surface area contributed by atoms with Gasteiger partial charge in [0.25, 0.3) is 0 Å². The van der Waals surface area contributed by atoms with Crippen molar-refractivity contribution < 1.29 is 0 Å². The van der Waals surface area contributed by atoms with E-state index in [0.717, 1.165) is 6.54 Å². The number of para-hydroxylation sites is 1. The van der Waals surface area contributed by atoms with Crippen LogP contribution in [0.15, 0.2) is 48.5 Å². The van der Waals surface area contributed by atoms with Crippen LogP contribution in [0, 0.1) is 0 Å². The van der Waals surface area contributed by atoms with E-state index in [0.29, 0.717) is 5.92 Å². The lowest BCUT2D eigenvalue weighted by Gasteiger charge is -2.27. The van der Waals surface area contributed by atoms with Gasteiger partial charge in [0.2, 0.25) is 0 Å². The Bertz CT molecular complexity index is 558. The quantitative estimate of drug-likeness (QED) is 0.876. The number of anilines is 2. The molecule has 0 aliphatic carbocycles. The molecule has 0 radical (unpaired) electrons. The van der Waals surface area contributed by atoms with Gasteiger partial charge in [0, 0.05) is 37.9 Å². The molecule has 1 heterocycles. The fourth-order valence-corrected chi connectivity index (χ4v) is 2.82. The average Bonchev–Trinajstić information content (AvgIpc) is 2.47. The number of nitrogens with one attached hydrogen (secondary N) is 1. The summed E-state index contributed by atoms with van der Waals surface area (Å²) in [6.45, 7) is 1.05. The zero-order chi connectivity index (χ0) is 13.2. The van der Waals surface area contributed by atoms with Gasteiger partial charge >= 0.3 is 0 Å². The predicted molar refractivity (Wildman–Crippen MR) is 82.2 cm³/mol. The van der Waals surface area contributed by atoms with Crippen molar-refractivity contribution in [2.24, 2.45) is 0 Å². The highest BCUT2D eigenvalue weighted by atomic mass is 15.1. The number of rotatable bonds is 2. The van der Waals surface area contributed by atoms with Crippen LogP contribution in [0.2, 0.25) is 0 Å². The molecule has 0 bridgehead atoms. The van der Waals surface area contributed by atoms with Crippen LogP contribution in [0.25, 0.3) is 0 Å². The first-order valence-corrected chi connectivity index (χ1v) is 6.86. The maximum absolute atomic E-state index is 3.48. The van der Waals surface area contributed by atoms with E-state index in [-0.39, 0.29) is 0 Å². The molecule has 0 amide bonds. The van der Waals surface area contributed by atoms with Crippen LogP contribution in [-0.4, -0.2) is 20.6 Å². The van der Waals surface area contributed by atoms with Crippen molar-refractivity contribution in [3.05, 3.63) is 59.7 Å². The van der Waals surface area contributed by atoms with Crippen LogP contribution >= 0.6 is 0 Å². The highest BCUT2D eigenvalue weighted by Crippen LogP contribution is 2.36. The van der Waals surface area contributed by atoms with Crippen molar-refractivity contribution >= 4 is 11.4 Å². The molecule has 0 aromatic heterocycles. The van der Waals surface area contributed by atoms with E-state index in [1.165, 1.54) is 28.9 Å². The van der Waals surface area contributed by atoms with E-state index < -0.39 is 0 Å². The molecule has 0 fully saturated rings. The van der Waals surface area contributed by atoms with Crippen LogP contribution in [0.5, 0.6) is 0 Å². The largest absolute Gasteiger partial charge is 0.385 e. The Kier molecular flexibility index (Phi) is 3.16. The number of benzene rings is 2. The average molecular weight is 252 g/mol. The van der Waals surface area contributed by atoms with Gasteiger partial charge < -0.3 is 10.2 Å². The van der Waals surface area contributed by atoms with Crippen LogP contribution in [0.1, 0.15) is 23.5 Å². The van der Waals surface area contributed by atoms with E-state index in [2.05, 4.69) is 72.8 Å². The van der Waals surface area contributed by atoms with E-state index >= 15 is 0 Å². The Hall–Kier alpha value is -1.96. The molecule has 1 N–H and O–H groups in total. The molecule has 1 unspecified atom stereocenters. The third kappa shape index (κ3) is 2.30. The van der Waals surface area contributed by atoms with Gasteiger partial charge in [0.05, 0.1) is 0 Å². The zero-order valence-electron chi connectivity index (χ0n) is 11.6. The van der Waals surface area contributed by atoms with Crippen LogP contribution < -0.4 is 10.2 Å². The minimum absolute atomic E-state index is 0.522. The molecular weight excluding hydrogens is 232 g/mol. The highest BCUT2D eigenvalue weighted by molar-refractivity contribution is 5.58. The second-order valence-electron chi connectivity index (χ2n) is 5.34. The summed E-state index contributed by atoms with van der Waals surface area (Å²) in [4.78, 5) is 2.14. The van der Waals surface area contributed by atoms with Crippen molar-refractivity contribution in [1.82, 2.24) is 0 Å². The molecule has 1 aliphatic heterocycles. The monoisotopic (exact) mass is 252 g/mol. The van der Waals surface area contributed by atoms with Crippen molar-refractivity contribution in [3.63, 3.8) is 0 Å². The standard InChI is InChI=1S/C17H20N2/c1-19(2)14-9-7-13(8-10-14)15-11-12-18-17-6-4-3-5-16(15)17/h3-10,15,18H,11-12H2,1-2H3. The Morgan fingerprint density at radius 1 is 1.00 bits per heavy atom. The number of fused-ring (bicyclic) bond motifs is 1. The summed E-state index contributed by atoms with van der Waals surface area (Å²) in [5, 5.41) is 3.48. The summed E-state index contributed by atoms with van der Waals surface area (Å²) in [5.74, 6) is 0.522. The summed E-state index contributed by atoms with van der Waals surface area (Å²) in [7, 11) is 4.16. The lowest BCUT2D eigenvalue weighted by atomic mass is 9.85. The second kappa shape index (κ2) is 4.96. The van der Waals surface area contributed by atoms with Crippen LogP contribution in [0.3, 0.4) is 0 Å². The maximum atomic E-state index is 3.48. The Morgan fingerprint density at radius 3 is 2.47 bits per heavy atom. The van der Waals surface area contributed by atoms with Crippen LogP contribution in [-0.2, 0) is 0 Å². The van der Waals surface area contributed by atoms with Gasteiger partial charge in [0.15, 0.2) is 0 Å². The SMILES string of the molecule is CN(C)c1ccc(C2CCNc3ccccc32)cc1. The topological polar surface area (TPSA) is 15.3 Å². The summed E-state index contributed by atoms with van der Waals surface area (Å²) in [6, 6.07) is 17.6. The Morgan fingerprint density at radius 2 is 1.74 bits per heavy atom. The molecule has 1 aliphatic rings. The minimum atomic E-state index is 0.522. The first-order chi connectivity index (χ1) is 9.25. The van der Waals surface area contributed by atoms with E-state index in [1.54, 1.807) is 0 Å². The smallest absolute Gasteiger partial charge is 0.0379 e. The summed E-state index contributed by atoms with van der Waals surface area (Å²) in [6.07, 6.45) is 1.17. The van der Waals surface area contributed by atoms with E-state index in [1.807, 2.05) is 0 Å². The second-order valence-corrected chi connectivity index (χ2v) is 5.34. The molecular formula is C17H20N2. The Balaban J connectivity index is 1.95. The highest BCUT2D eigenvalue weighted by Gasteiger charge is 2.20. The van der Waals surface area contributed by atoms with Crippen molar-refractivity contribution in [2.45, 2.75) is 12.3 Å². The maximum Gasteiger partial charge on any atom is 0.0379 e. The fraction of sp³-hybridized carbons (Fsp3) is 0.294. The van der Waals surface area contributed by atoms with Gasteiger partial charge in [-0.25, -0.2) is 0 Å². The molecule has 98 valence electrons. The molecule has 2 aromatic rings. The first kappa shape index (κ1) is 12.1. The van der Waals surface area contributed by atoms with Gasteiger partial charge in [-0.3, -0.25) is 0 Å². The lowest BCUT2D eigenvalue weighted by Crippen LogP contribution is -2.17. The zero-order valence-corrected chi connectivity index (χ0v) is 11.6. The minimum Gasteiger partial charge on any atom is -0.385 e. The molecule has 0 saturated carbocycles. The lowest BCUT2D eigenvalue weighted by molar-refractivity contribution is 0.720. The van der Waals surface area contributed by atoms with Crippen molar-refractivity contribution in [1.29, 1.82) is 0 Å². The molecule has 3 rings (SSSR count).